The second-order valence-electron chi connectivity index (χ2n) is 5.07. The van der Waals surface area contributed by atoms with E-state index in [1.165, 1.54) is 12.8 Å². The number of ether oxygens (including phenoxy) is 3. The van der Waals surface area contributed by atoms with E-state index in [0.717, 1.165) is 50.6 Å². The number of hydrogen-bond donors (Lipinski definition) is 1. The van der Waals surface area contributed by atoms with Gasteiger partial charge < -0.3 is 19.5 Å². The summed E-state index contributed by atoms with van der Waals surface area (Å²) in [7, 11) is 1.67. The van der Waals surface area contributed by atoms with Crippen molar-refractivity contribution in [3.05, 3.63) is 24.3 Å². The first-order chi connectivity index (χ1) is 9.88. The van der Waals surface area contributed by atoms with Crippen molar-refractivity contribution in [2.75, 3.05) is 33.4 Å². The summed E-state index contributed by atoms with van der Waals surface area (Å²) in [6.45, 7) is 3.69. The third-order valence-electron chi connectivity index (χ3n) is 3.45. The molecule has 1 fully saturated rings. The fourth-order valence-electron chi connectivity index (χ4n) is 2.30. The molecule has 1 N–H and O–H groups in total. The summed E-state index contributed by atoms with van der Waals surface area (Å²) in [4.78, 5) is 0. The zero-order valence-electron chi connectivity index (χ0n) is 12.3. The molecule has 1 aromatic carbocycles. The van der Waals surface area contributed by atoms with Gasteiger partial charge in [0.05, 0.1) is 19.8 Å². The molecule has 20 heavy (non-hydrogen) atoms. The molecule has 0 saturated carbocycles. The Labute approximate surface area is 121 Å². The van der Waals surface area contributed by atoms with Gasteiger partial charge in [-0.1, -0.05) is 6.07 Å². The quantitative estimate of drug-likeness (QED) is 0.705. The highest BCUT2D eigenvalue weighted by atomic mass is 16.5. The number of rotatable bonds is 9. The lowest BCUT2D eigenvalue weighted by atomic mass is 10.2. The Morgan fingerprint density at radius 2 is 2.20 bits per heavy atom. The standard InChI is InChI=1S/C16H25NO3/c1-18-14-6-4-7-15(12-14)19-10-3-2-9-17-13-16-8-5-11-20-16/h4,6-7,12,16-17H,2-3,5,8-11,13H2,1H3/t16-/m1/s1. The van der Waals surface area contributed by atoms with Crippen LogP contribution >= 0.6 is 0 Å². The molecule has 0 amide bonds. The highest BCUT2D eigenvalue weighted by Gasteiger charge is 2.13. The van der Waals surface area contributed by atoms with Crippen LogP contribution in [0.5, 0.6) is 11.5 Å². The smallest absolute Gasteiger partial charge is 0.122 e. The molecule has 1 atom stereocenters. The fraction of sp³-hybridized carbons (Fsp3) is 0.625. The van der Waals surface area contributed by atoms with E-state index in [1.54, 1.807) is 7.11 Å². The van der Waals surface area contributed by atoms with Gasteiger partial charge in [-0.2, -0.15) is 0 Å². The number of benzene rings is 1. The van der Waals surface area contributed by atoms with Gasteiger partial charge in [-0.05, 0) is 44.4 Å². The van der Waals surface area contributed by atoms with E-state index >= 15 is 0 Å². The van der Waals surface area contributed by atoms with Gasteiger partial charge in [0.15, 0.2) is 0 Å². The van der Waals surface area contributed by atoms with Crippen molar-refractivity contribution in [2.24, 2.45) is 0 Å². The Bertz CT molecular complexity index is 378. The minimum atomic E-state index is 0.433. The van der Waals surface area contributed by atoms with Crippen molar-refractivity contribution in [1.82, 2.24) is 5.32 Å². The zero-order chi connectivity index (χ0) is 14.0. The summed E-state index contributed by atoms with van der Waals surface area (Å²) < 4.78 is 16.4. The van der Waals surface area contributed by atoms with Gasteiger partial charge >= 0.3 is 0 Å². The second kappa shape index (κ2) is 8.82. The van der Waals surface area contributed by atoms with Crippen molar-refractivity contribution >= 4 is 0 Å². The molecule has 0 radical (unpaired) electrons. The van der Waals surface area contributed by atoms with Gasteiger partial charge in [0.1, 0.15) is 11.5 Å². The minimum Gasteiger partial charge on any atom is -0.497 e. The monoisotopic (exact) mass is 279 g/mol. The summed E-state index contributed by atoms with van der Waals surface area (Å²) in [6, 6.07) is 7.73. The average Bonchev–Trinajstić information content (AvgIpc) is 3.00. The van der Waals surface area contributed by atoms with Crippen LogP contribution < -0.4 is 14.8 Å². The summed E-state index contributed by atoms with van der Waals surface area (Å²) in [5.74, 6) is 1.71. The zero-order valence-corrected chi connectivity index (χ0v) is 12.3. The first-order valence-electron chi connectivity index (χ1n) is 7.47. The first kappa shape index (κ1) is 15.1. The molecule has 2 rings (SSSR count). The van der Waals surface area contributed by atoms with Gasteiger partial charge in [0, 0.05) is 19.2 Å². The van der Waals surface area contributed by atoms with Crippen molar-refractivity contribution in [3.8, 4) is 11.5 Å². The van der Waals surface area contributed by atoms with Crippen LogP contribution in [0.15, 0.2) is 24.3 Å². The van der Waals surface area contributed by atoms with Gasteiger partial charge in [-0.3, -0.25) is 0 Å². The minimum absolute atomic E-state index is 0.433. The Balaban J connectivity index is 1.48. The summed E-state index contributed by atoms with van der Waals surface area (Å²) in [5.41, 5.74) is 0. The third kappa shape index (κ3) is 5.39. The normalized spacial score (nSPS) is 18.1. The highest BCUT2D eigenvalue weighted by Crippen LogP contribution is 2.18. The fourth-order valence-corrected chi connectivity index (χ4v) is 2.30. The molecule has 1 saturated heterocycles. The van der Waals surface area contributed by atoms with Crippen LogP contribution in [0.3, 0.4) is 0 Å². The Morgan fingerprint density at radius 1 is 1.30 bits per heavy atom. The largest absolute Gasteiger partial charge is 0.497 e. The first-order valence-corrected chi connectivity index (χ1v) is 7.47. The molecule has 1 aliphatic rings. The van der Waals surface area contributed by atoms with Crippen molar-refractivity contribution < 1.29 is 14.2 Å². The molecule has 1 heterocycles. The van der Waals surface area contributed by atoms with Gasteiger partial charge in [0.2, 0.25) is 0 Å². The van der Waals surface area contributed by atoms with E-state index in [2.05, 4.69) is 5.32 Å². The Morgan fingerprint density at radius 3 is 3.00 bits per heavy atom. The van der Waals surface area contributed by atoms with Crippen LogP contribution in [0.1, 0.15) is 25.7 Å². The molecule has 4 nitrogen and oxygen atoms in total. The van der Waals surface area contributed by atoms with Crippen LogP contribution in [-0.4, -0.2) is 39.5 Å². The molecule has 0 bridgehead atoms. The van der Waals surface area contributed by atoms with E-state index in [9.17, 15) is 0 Å². The van der Waals surface area contributed by atoms with Crippen molar-refractivity contribution in [2.45, 2.75) is 31.8 Å². The molecular weight excluding hydrogens is 254 g/mol. The predicted molar refractivity (Wildman–Crippen MR) is 79.6 cm³/mol. The molecule has 0 spiro atoms. The maximum atomic E-state index is 5.70. The van der Waals surface area contributed by atoms with E-state index in [1.807, 2.05) is 24.3 Å². The third-order valence-corrected chi connectivity index (χ3v) is 3.45. The molecular formula is C16H25NO3. The average molecular weight is 279 g/mol. The van der Waals surface area contributed by atoms with E-state index in [4.69, 9.17) is 14.2 Å². The number of methoxy groups -OCH3 is 1. The maximum Gasteiger partial charge on any atom is 0.122 e. The van der Waals surface area contributed by atoms with Crippen molar-refractivity contribution in [1.29, 1.82) is 0 Å². The summed E-state index contributed by atoms with van der Waals surface area (Å²) in [6.07, 6.45) is 5.02. The van der Waals surface area contributed by atoms with Gasteiger partial charge in [0.25, 0.3) is 0 Å². The van der Waals surface area contributed by atoms with E-state index in [-0.39, 0.29) is 0 Å². The SMILES string of the molecule is COc1cccc(OCCCCNC[C@H]2CCCO2)c1. The molecule has 0 unspecified atom stereocenters. The second-order valence-corrected chi connectivity index (χ2v) is 5.07. The molecule has 1 aliphatic heterocycles. The molecule has 4 heteroatoms. The van der Waals surface area contributed by atoms with E-state index < -0.39 is 0 Å². The van der Waals surface area contributed by atoms with Gasteiger partial charge in [-0.15, -0.1) is 0 Å². The Hall–Kier alpha value is -1.26. The molecule has 1 aromatic rings. The lowest BCUT2D eigenvalue weighted by molar-refractivity contribution is 0.110. The highest BCUT2D eigenvalue weighted by molar-refractivity contribution is 5.32. The van der Waals surface area contributed by atoms with Gasteiger partial charge in [-0.25, -0.2) is 0 Å². The number of unbranched alkanes of at least 4 members (excludes halogenated alkanes) is 1. The summed E-state index contributed by atoms with van der Waals surface area (Å²) >= 11 is 0. The molecule has 112 valence electrons. The van der Waals surface area contributed by atoms with Crippen molar-refractivity contribution in [3.63, 3.8) is 0 Å². The molecule has 0 aromatic heterocycles. The van der Waals surface area contributed by atoms with Crippen LogP contribution in [0.25, 0.3) is 0 Å². The number of nitrogens with one attached hydrogen (secondary N) is 1. The van der Waals surface area contributed by atoms with E-state index in [0.29, 0.717) is 6.10 Å². The predicted octanol–water partition coefficient (Wildman–Crippen LogP) is 2.62. The van der Waals surface area contributed by atoms with Crippen LogP contribution in [0.2, 0.25) is 0 Å². The maximum absolute atomic E-state index is 5.70. The Kier molecular flexibility index (Phi) is 6.68. The topological polar surface area (TPSA) is 39.7 Å². The van der Waals surface area contributed by atoms with Crippen LogP contribution in [0, 0.1) is 0 Å². The lowest BCUT2D eigenvalue weighted by Gasteiger charge is -2.11. The summed E-state index contributed by atoms with van der Waals surface area (Å²) in [5, 5.41) is 3.44. The number of hydrogen-bond acceptors (Lipinski definition) is 4. The van der Waals surface area contributed by atoms with Crippen LogP contribution in [0.4, 0.5) is 0 Å². The lowest BCUT2D eigenvalue weighted by Crippen LogP contribution is -2.27. The molecule has 0 aliphatic carbocycles. The van der Waals surface area contributed by atoms with Crippen LogP contribution in [-0.2, 0) is 4.74 Å².